The van der Waals surface area contributed by atoms with Crippen LogP contribution in [0.3, 0.4) is 0 Å². The molecule has 1 heterocycles. The number of benzene rings is 1. The highest BCUT2D eigenvalue weighted by atomic mass is 32.1. The molecule has 1 aliphatic rings. The predicted octanol–water partition coefficient (Wildman–Crippen LogP) is 4.66. The van der Waals surface area contributed by atoms with E-state index in [2.05, 4.69) is 17.6 Å². The summed E-state index contributed by atoms with van der Waals surface area (Å²) in [6.07, 6.45) is 12.0. The molecule has 1 saturated heterocycles. The van der Waals surface area contributed by atoms with Gasteiger partial charge in [-0.1, -0.05) is 82.4 Å². The minimum absolute atomic E-state index is 0.107. The number of rotatable bonds is 14. The molecule has 35 heavy (non-hydrogen) atoms. The van der Waals surface area contributed by atoms with Crippen molar-refractivity contribution in [3.05, 3.63) is 35.4 Å². The van der Waals surface area contributed by atoms with Gasteiger partial charge in [0.15, 0.2) is 5.11 Å². The lowest BCUT2D eigenvalue weighted by atomic mass is 10.1. The van der Waals surface area contributed by atoms with Crippen molar-refractivity contribution in [1.82, 2.24) is 15.5 Å². The van der Waals surface area contributed by atoms with Gasteiger partial charge in [-0.3, -0.25) is 19.7 Å². The number of hydrogen-bond acceptors (Lipinski definition) is 5. The Bertz CT molecular complexity index is 828. The predicted molar refractivity (Wildman–Crippen MR) is 142 cm³/mol. The molecule has 1 aromatic carbocycles. The number of thiocarbonyl (C=S) groups is 1. The Labute approximate surface area is 215 Å². The summed E-state index contributed by atoms with van der Waals surface area (Å²) in [5, 5.41) is 5.59. The first kappa shape index (κ1) is 28.8. The number of amides is 2. The highest BCUT2D eigenvalue weighted by molar-refractivity contribution is 7.80. The molecular formula is C27H41N3O4S. The second kappa shape index (κ2) is 16.2. The molecule has 1 unspecified atom stereocenters. The van der Waals surface area contributed by atoms with Gasteiger partial charge < -0.3 is 15.0 Å². The number of nitrogens with zero attached hydrogens (tertiary/aromatic N) is 1. The fraction of sp³-hybridized carbons (Fsp3) is 0.630. The minimum atomic E-state index is -0.797. The van der Waals surface area contributed by atoms with Crippen molar-refractivity contribution < 1.29 is 19.1 Å². The van der Waals surface area contributed by atoms with E-state index in [1.807, 2.05) is 19.1 Å². The molecular weight excluding hydrogens is 462 g/mol. The van der Waals surface area contributed by atoms with Gasteiger partial charge >= 0.3 is 5.97 Å². The van der Waals surface area contributed by atoms with Crippen molar-refractivity contribution in [1.29, 1.82) is 0 Å². The number of esters is 1. The molecule has 0 aliphatic carbocycles. The molecule has 1 atom stereocenters. The van der Waals surface area contributed by atoms with Crippen LogP contribution in [-0.2, 0) is 14.3 Å². The van der Waals surface area contributed by atoms with Crippen LogP contribution in [-0.4, -0.2) is 53.5 Å². The van der Waals surface area contributed by atoms with Crippen LogP contribution in [0.4, 0.5) is 0 Å². The maximum Gasteiger partial charge on any atom is 0.308 e. The van der Waals surface area contributed by atoms with Gasteiger partial charge in [0, 0.05) is 18.7 Å². The monoisotopic (exact) mass is 503 g/mol. The molecule has 1 aliphatic heterocycles. The molecule has 0 saturated carbocycles. The van der Waals surface area contributed by atoms with Crippen molar-refractivity contribution in [3.63, 3.8) is 0 Å². The molecule has 8 heteroatoms. The zero-order valence-corrected chi connectivity index (χ0v) is 22.1. The van der Waals surface area contributed by atoms with E-state index in [9.17, 15) is 14.4 Å². The molecule has 0 bridgehead atoms. The van der Waals surface area contributed by atoms with Gasteiger partial charge in [-0.2, -0.15) is 0 Å². The average Bonchev–Trinajstić information content (AvgIpc) is 2.84. The number of aryl methyl sites for hydroxylation is 1. The summed E-state index contributed by atoms with van der Waals surface area (Å²) < 4.78 is 5.38. The number of piperazine rings is 1. The van der Waals surface area contributed by atoms with Gasteiger partial charge in [-0.25, -0.2) is 0 Å². The van der Waals surface area contributed by atoms with Gasteiger partial charge in [0.05, 0.1) is 13.0 Å². The third kappa shape index (κ3) is 10.8. The van der Waals surface area contributed by atoms with Crippen LogP contribution < -0.4 is 10.6 Å². The van der Waals surface area contributed by atoms with Crippen LogP contribution in [0.5, 0.6) is 0 Å². The van der Waals surface area contributed by atoms with Crippen LogP contribution >= 0.6 is 12.2 Å². The molecule has 2 rings (SSSR count). The van der Waals surface area contributed by atoms with Crippen LogP contribution in [0.25, 0.3) is 0 Å². The van der Waals surface area contributed by atoms with Crippen molar-refractivity contribution in [2.45, 2.75) is 90.5 Å². The third-order valence-electron chi connectivity index (χ3n) is 6.25. The van der Waals surface area contributed by atoms with Gasteiger partial charge in [0.25, 0.3) is 5.91 Å². The number of nitrogens with one attached hydrogen (secondary N) is 2. The van der Waals surface area contributed by atoms with Gasteiger partial charge in [0.2, 0.25) is 5.91 Å². The average molecular weight is 504 g/mol. The van der Waals surface area contributed by atoms with Crippen molar-refractivity contribution in [2.24, 2.45) is 0 Å². The van der Waals surface area contributed by atoms with E-state index in [1.54, 1.807) is 17.0 Å². The fourth-order valence-corrected chi connectivity index (χ4v) is 4.41. The SMILES string of the molecule is CCCCCCCCCCCCOC(=O)CC1C(=O)NCCN1C(=S)NC(=O)c1ccc(C)cc1. The number of hydrogen-bond donors (Lipinski definition) is 2. The minimum Gasteiger partial charge on any atom is -0.466 e. The lowest BCUT2D eigenvalue weighted by molar-refractivity contribution is -0.147. The number of unbranched alkanes of at least 4 members (excludes halogenated alkanes) is 9. The summed E-state index contributed by atoms with van der Waals surface area (Å²) in [6.45, 7) is 5.34. The molecule has 0 radical (unpaired) electrons. The summed E-state index contributed by atoms with van der Waals surface area (Å²) in [7, 11) is 0. The number of carbonyl (C=O) groups is 3. The fourth-order valence-electron chi connectivity index (χ4n) is 4.10. The van der Waals surface area contributed by atoms with E-state index >= 15 is 0 Å². The summed E-state index contributed by atoms with van der Waals surface area (Å²) in [6, 6.07) is 6.34. The van der Waals surface area contributed by atoms with Crippen molar-refractivity contribution in [2.75, 3.05) is 19.7 Å². The first-order chi connectivity index (χ1) is 16.9. The van der Waals surface area contributed by atoms with E-state index in [4.69, 9.17) is 17.0 Å². The van der Waals surface area contributed by atoms with Crippen molar-refractivity contribution in [3.8, 4) is 0 Å². The first-order valence-corrected chi connectivity index (χ1v) is 13.4. The Morgan fingerprint density at radius 3 is 2.26 bits per heavy atom. The van der Waals surface area contributed by atoms with Gasteiger partial charge in [-0.05, 0) is 37.7 Å². The third-order valence-corrected chi connectivity index (χ3v) is 6.58. The summed E-state index contributed by atoms with van der Waals surface area (Å²) in [5.74, 6) is -1.07. The standard InChI is InChI=1S/C27H41N3O4S/c1-3-4-5-6-7-8-9-10-11-12-19-34-24(31)20-23-26(33)28-17-18-30(23)27(35)29-25(32)22-15-13-21(2)14-16-22/h13-16,23H,3-12,17-20H2,1-2H3,(H,28,33)(H,29,32,35). The topological polar surface area (TPSA) is 87.7 Å². The second-order valence-electron chi connectivity index (χ2n) is 9.23. The summed E-state index contributed by atoms with van der Waals surface area (Å²) in [5.41, 5.74) is 1.53. The van der Waals surface area contributed by atoms with E-state index in [0.717, 1.165) is 24.8 Å². The van der Waals surface area contributed by atoms with E-state index in [1.165, 1.54) is 44.9 Å². The van der Waals surface area contributed by atoms with Gasteiger partial charge in [-0.15, -0.1) is 0 Å². The Balaban J connectivity index is 1.70. The molecule has 2 N–H and O–H groups in total. The van der Waals surface area contributed by atoms with E-state index < -0.39 is 12.0 Å². The molecule has 194 valence electrons. The van der Waals surface area contributed by atoms with Crippen LogP contribution in [0.15, 0.2) is 24.3 Å². The normalized spacial score (nSPS) is 15.4. The van der Waals surface area contributed by atoms with Crippen molar-refractivity contribution >= 4 is 35.1 Å². The molecule has 2 amide bonds. The number of ether oxygens (including phenoxy) is 1. The largest absolute Gasteiger partial charge is 0.466 e. The highest BCUT2D eigenvalue weighted by Gasteiger charge is 2.34. The molecule has 7 nitrogen and oxygen atoms in total. The highest BCUT2D eigenvalue weighted by Crippen LogP contribution is 2.13. The number of carbonyl (C=O) groups excluding carboxylic acids is 3. The first-order valence-electron chi connectivity index (χ1n) is 13.0. The zero-order valence-electron chi connectivity index (χ0n) is 21.3. The summed E-state index contributed by atoms with van der Waals surface area (Å²) in [4.78, 5) is 39.0. The molecule has 1 aromatic rings. The Morgan fingerprint density at radius 1 is 1.03 bits per heavy atom. The maximum atomic E-state index is 12.5. The van der Waals surface area contributed by atoms with E-state index in [-0.39, 0.29) is 23.3 Å². The molecule has 1 fully saturated rings. The molecule has 0 aromatic heterocycles. The lowest BCUT2D eigenvalue weighted by Crippen LogP contribution is -2.60. The van der Waals surface area contributed by atoms with Crippen LogP contribution in [0.2, 0.25) is 0 Å². The van der Waals surface area contributed by atoms with Crippen LogP contribution in [0, 0.1) is 6.92 Å². The van der Waals surface area contributed by atoms with Gasteiger partial charge in [0.1, 0.15) is 6.04 Å². The van der Waals surface area contributed by atoms with Crippen LogP contribution in [0.1, 0.15) is 93.5 Å². The van der Waals surface area contributed by atoms with E-state index in [0.29, 0.717) is 25.3 Å². The maximum absolute atomic E-state index is 12.5. The zero-order chi connectivity index (χ0) is 25.5. The second-order valence-corrected chi connectivity index (χ2v) is 9.62. The molecule has 0 spiro atoms. The summed E-state index contributed by atoms with van der Waals surface area (Å²) >= 11 is 5.41. The quantitative estimate of drug-likeness (QED) is 0.218. The Kier molecular flexibility index (Phi) is 13.3. The Hall–Kier alpha value is -2.48. The Morgan fingerprint density at radius 2 is 1.63 bits per heavy atom. The lowest BCUT2D eigenvalue weighted by Gasteiger charge is -2.36. The smallest absolute Gasteiger partial charge is 0.308 e.